The zero-order chi connectivity index (χ0) is 22.5. The SMILES string of the molecule is CC[NH+](CC)CCCNc1c(Cc2ccccc2)c(C)c(C#N)c2nc3ccccc3n12. The largest absolute Gasteiger partial charge is 0.371 e. The number of quaternary nitrogens is 1. The van der Waals surface area contributed by atoms with E-state index < -0.39 is 0 Å². The van der Waals surface area contributed by atoms with Gasteiger partial charge in [0.15, 0.2) is 5.65 Å². The molecular weight excluding hydrogens is 394 g/mol. The molecule has 164 valence electrons. The molecule has 2 aromatic heterocycles. The smallest absolute Gasteiger partial charge is 0.157 e. The Kier molecular flexibility index (Phi) is 6.72. The van der Waals surface area contributed by atoms with Crippen molar-refractivity contribution in [2.75, 3.05) is 31.5 Å². The first-order valence-electron chi connectivity index (χ1n) is 11.6. The van der Waals surface area contributed by atoms with Crippen LogP contribution in [0.3, 0.4) is 0 Å². The summed E-state index contributed by atoms with van der Waals surface area (Å²) in [6.45, 7) is 10.9. The summed E-state index contributed by atoms with van der Waals surface area (Å²) in [7, 11) is 0. The molecule has 0 aliphatic rings. The number of anilines is 1. The fourth-order valence-corrected chi connectivity index (χ4v) is 4.54. The van der Waals surface area contributed by atoms with E-state index in [0.29, 0.717) is 5.56 Å². The van der Waals surface area contributed by atoms with Crippen LogP contribution in [-0.4, -0.2) is 35.6 Å². The standard InChI is InChI=1S/C27H31N5/c1-4-31(5-2)17-11-16-29-26-22(18-21-12-7-6-8-13-21)20(3)23(19-28)27-30-24-14-9-10-15-25(24)32(26)27/h6-10,12-15,29H,4-5,11,16-18H2,1-3H3/p+1. The van der Waals surface area contributed by atoms with Crippen LogP contribution in [0.2, 0.25) is 0 Å². The van der Waals surface area contributed by atoms with Crippen molar-refractivity contribution in [1.82, 2.24) is 9.38 Å². The molecule has 0 aliphatic heterocycles. The van der Waals surface area contributed by atoms with Crippen molar-refractivity contribution in [2.24, 2.45) is 0 Å². The van der Waals surface area contributed by atoms with E-state index in [1.54, 1.807) is 4.90 Å². The van der Waals surface area contributed by atoms with Gasteiger partial charge in [-0.25, -0.2) is 4.98 Å². The molecule has 5 nitrogen and oxygen atoms in total. The Hall–Kier alpha value is -3.36. The molecule has 0 radical (unpaired) electrons. The Morgan fingerprint density at radius 3 is 2.47 bits per heavy atom. The van der Waals surface area contributed by atoms with E-state index in [4.69, 9.17) is 4.98 Å². The van der Waals surface area contributed by atoms with Gasteiger partial charge in [0, 0.05) is 24.9 Å². The predicted molar refractivity (Wildman–Crippen MR) is 131 cm³/mol. The summed E-state index contributed by atoms with van der Waals surface area (Å²) in [5, 5.41) is 13.8. The molecule has 0 unspecified atom stereocenters. The van der Waals surface area contributed by atoms with Crippen LogP contribution in [0.4, 0.5) is 5.82 Å². The molecule has 4 aromatic rings. The topological polar surface area (TPSA) is 57.6 Å². The number of imidazole rings is 1. The minimum atomic E-state index is 0.658. The van der Waals surface area contributed by atoms with Crippen molar-refractivity contribution in [3.8, 4) is 6.07 Å². The number of nitrogens with one attached hydrogen (secondary N) is 2. The van der Waals surface area contributed by atoms with Gasteiger partial charge < -0.3 is 10.2 Å². The zero-order valence-electron chi connectivity index (χ0n) is 19.3. The molecule has 5 heteroatoms. The molecule has 0 spiro atoms. The Bertz CT molecular complexity index is 1250. The molecule has 0 atom stereocenters. The van der Waals surface area contributed by atoms with Gasteiger partial charge in [-0.2, -0.15) is 5.26 Å². The number of pyridine rings is 1. The van der Waals surface area contributed by atoms with Crippen molar-refractivity contribution < 1.29 is 4.90 Å². The van der Waals surface area contributed by atoms with Crippen LogP contribution >= 0.6 is 0 Å². The van der Waals surface area contributed by atoms with Crippen LogP contribution in [-0.2, 0) is 6.42 Å². The summed E-state index contributed by atoms with van der Waals surface area (Å²) < 4.78 is 2.16. The summed E-state index contributed by atoms with van der Waals surface area (Å²) in [5.74, 6) is 1.06. The van der Waals surface area contributed by atoms with E-state index in [1.807, 2.05) is 24.3 Å². The number of para-hydroxylation sites is 2. The molecule has 0 aliphatic carbocycles. The molecule has 2 N–H and O–H groups in total. The van der Waals surface area contributed by atoms with Crippen molar-refractivity contribution in [2.45, 2.75) is 33.6 Å². The molecule has 0 saturated heterocycles. The molecular formula is C27H32N5+. The number of aromatic nitrogens is 2. The van der Waals surface area contributed by atoms with Crippen molar-refractivity contribution >= 4 is 22.5 Å². The van der Waals surface area contributed by atoms with E-state index in [1.165, 1.54) is 11.1 Å². The van der Waals surface area contributed by atoms with Gasteiger partial charge in [0.1, 0.15) is 11.9 Å². The minimum Gasteiger partial charge on any atom is -0.371 e. The first-order chi connectivity index (χ1) is 15.7. The maximum absolute atomic E-state index is 10.0. The molecule has 0 amide bonds. The Labute approximate surface area is 190 Å². The lowest BCUT2D eigenvalue weighted by molar-refractivity contribution is -0.896. The van der Waals surface area contributed by atoms with Crippen LogP contribution in [0, 0.1) is 18.3 Å². The predicted octanol–water partition coefficient (Wildman–Crippen LogP) is 3.99. The van der Waals surface area contributed by atoms with Gasteiger partial charge in [0.2, 0.25) is 0 Å². The highest BCUT2D eigenvalue weighted by Gasteiger charge is 2.21. The number of fused-ring (bicyclic) bond motifs is 3. The van der Waals surface area contributed by atoms with E-state index >= 15 is 0 Å². The van der Waals surface area contributed by atoms with Crippen molar-refractivity contribution in [1.29, 1.82) is 5.26 Å². The normalized spacial score (nSPS) is 11.3. The summed E-state index contributed by atoms with van der Waals surface area (Å²) in [6.07, 6.45) is 1.86. The maximum Gasteiger partial charge on any atom is 0.157 e. The lowest BCUT2D eigenvalue weighted by Crippen LogP contribution is -3.11. The molecule has 0 saturated carbocycles. The first-order valence-corrected chi connectivity index (χ1v) is 11.6. The van der Waals surface area contributed by atoms with Crippen LogP contribution < -0.4 is 10.2 Å². The van der Waals surface area contributed by atoms with E-state index in [0.717, 1.165) is 67.1 Å². The highest BCUT2D eigenvalue weighted by Crippen LogP contribution is 2.32. The van der Waals surface area contributed by atoms with Gasteiger partial charge in [-0.05, 0) is 44.0 Å². The summed E-state index contributed by atoms with van der Waals surface area (Å²) >= 11 is 0. The van der Waals surface area contributed by atoms with Crippen molar-refractivity contribution in [3.63, 3.8) is 0 Å². The molecule has 4 rings (SSSR count). The van der Waals surface area contributed by atoms with E-state index in [-0.39, 0.29) is 0 Å². The average Bonchev–Trinajstić information content (AvgIpc) is 3.21. The van der Waals surface area contributed by atoms with Crippen molar-refractivity contribution in [3.05, 3.63) is 76.9 Å². The second-order valence-electron chi connectivity index (χ2n) is 8.35. The molecule has 2 heterocycles. The van der Waals surface area contributed by atoms with Gasteiger partial charge in [-0.15, -0.1) is 0 Å². The van der Waals surface area contributed by atoms with Gasteiger partial charge in [-0.1, -0.05) is 42.5 Å². The van der Waals surface area contributed by atoms with E-state index in [2.05, 4.69) is 66.9 Å². The maximum atomic E-state index is 10.0. The van der Waals surface area contributed by atoms with Crippen LogP contribution in [0.25, 0.3) is 16.7 Å². The molecule has 0 bridgehead atoms. The quantitative estimate of drug-likeness (QED) is 0.398. The number of nitriles is 1. The van der Waals surface area contributed by atoms with Crippen LogP contribution in [0.1, 0.15) is 42.5 Å². The lowest BCUT2D eigenvalue weighted by atomic mass is 9.97. The third-order valence-corrected chi connectivity index (χ3v) is 6.46. The monoisotopic (exact) mass is 426 g/mol. The highest BCUT2D eigenvalue weighted by molar-refractivity contribution is 5.86. The molecule has 2 aromatic carbocycles. The number of nitrogens with zero attached hydrogens (tertiary/aromatic N) is 3. The second kappa shape index (κ2) is 9.84. The van der Waals surface area contributed by atoms with Crippen LogP contribution in [0.15, 0.2) is 54.6 Å². The second-order valence-corrected chi connectivity index (χ2v) is 8.35. The number of benzene rings is 2. The van der Waals surface area contributed by atoms with Gasteiger partial charge in [0.25, 0.3) is 0 Å². The Balaban J connectivity index is 1.83. The first kappa shape index (κ1) is 21.9. The Morgan fingerprint density at radius 1 is 1.03 bits per heavy atom. The highest BCUT2D eigenvalue weighted by atomic mass is 15.1. The van der Waals surface area contributed by atoms with Gasteiger partial charge in [-0.3, -0.25) is 4.40 Å². The fourth-order valence-electron chi connectivity index (χ4n) is 4.54. The average molecular weight is 427 g/mol. The van der Waals surface area contributed by atoms with Gasteiger partial charge in [0.05, 0.1) is 36.2 Å². The summed E-state index contributed by atoms with van der Waals surface area (Å²) in [4.78, 5) is 6.45. The lowest BCUT2D eigenvalue weighted by Gasteiger charge is -2.20. The zero-order valence-corrected chi connectivity index (χ0v) is 19.3. The number of hydrogen-bond donors (Lipinski definition) is 2. The third-order valence-electron chi connectivity index (χ3n) is 6.46. The van der Waals surface area contributed by atoms with Gasteiger partial charge >= 0.3 is 0 Å². The fraction of sp³-hybridized carbons (Fsp3) is 0.333. The summed E-state index contributed by atoms with van der Waals surface area (Å²) in [5.41, 5.74) is 6.75. The van der Waals surface area contributed by atoms with Crippen LogP contribution in [0.5, 0.6) is 0 Å². The number of hydrogen-bond acceptors (Lipinski definition) is 3. The summed E-state index contributed by atoms with van der Waals surface area (Å²) in [6, 6.07) is 21.0. The Morgan fingerprint density at radius 2 is 1.75 bits per heavy atom. The molecule has 0 fully saturated rings. The number of rotatable bonds is 9. The third kappa shape index (κ3) is 4.19. The molecule has 32 heavy (non-hydrogen) atoms. The van der Waals surface area contributed by atoms with E-state index in [9.17, 15) is 5.26 Å². The minimum absolute atomic E-state index is 0.658.